The van der Waals surface area contributed by atoms with Crippen LogP contribution in [0.15, 0.2) is 17.0 Å². The molecule has 1 aromatic rings. The maximum atomic E-state index is 13.0. The summed E-state index contributed by atoms with van der Waals surface area (Å²) in [5.74, 6) is -1.09. The van der Waals surface area contributed by atoms with Crippen molar-refractivity contribution in [2.45, 2.75) is 69.4 Å². The quantitative estimate of drug-likeness (QED) is 0.838. The van der Waals surface area contributed by atoms with Crippen LogP contribution in [-0.4, -0.2) is 49.1 Å². The van der Waals surface area contributed by atoms with Gasteiger partial charge in [0.15, 0.2) is 0 Å². The number of nitrogens with one attached hydrogen (secondary N) is 1. The topological polar surface area (TPSA) is 86.7 Å². The van der Waals surface area contributed by atoms with Crippen LogP contribution in [0, 0.1) is 0 Å². The van der Waals surface area contributed by atoms with Crippen molar-refractivity contribution in [2.75, 3.05) is 13.1 Å². The van der Waals surface area contributed by atoms with Crippen LogP contribution in [0.1, 0.15) is 61.5 Å². The fourth-order valence-electron chi connectivity index (χ4n) is 3.98. The van der Waals surface area contributed by atoms with Crippen molar-refractivity contribution < 1.29 is 18.3 Å². The van der Waals surface area contributed by atoms with E-state index >= 15 is 0 Å². The van der Waals surface area contributed by atoms with Gasteiger partial charge < -0.3 is 5.11 Å². The highest BCUT2D eigenvalue weighted by Crippen LogP contribution is 2.31. The molecule has 1 aliphatic heterocycles. The van der Waals surface area contributed by atoms with Crippen molar-refractivity contribution in [3.63, 3.8) is 0 Å². The smallest absolute Gasteiger partial charge is 0.335 e. The first kappa shape index (κ1) is 19.3. The van der Waals surface area contributed by atoms with E-state index < -0.39 is 16.0 Å². The van der Waals surface area contributed by atoms with Gasteiger partial charge in [0.1, 0.15) is 0 Å². The Hall–Kier alpha value is -1.44. The second-order valence-corrected chi connectivity index (χ2v) is 10.0. The van der Waals surface area contributed by atoms with Gasteiger partial charge in [-0.3, -0.25) is 4.90 Å². The first-order chi connectivity index (χ1) is 12.1. The van der Waals surface area contributed by atoms with Gasteiger partial charge in [0.2, 0.25) is 10.0 Å². The van der Waals surface area contributed by atoms with Crippen molar-refractivity contribution in [2.24, 2.45) is 0 Å². The molecule has 144 valence electrons. The number of fused-ring (bicyclic) bond motifs is 1. The predicted octanol–water partition coefficient (Wildman–Crippen LogP) is 2.41. The molecule has 0 saturated carbocycles. The number of sulfonamides is 1. The summed E-state index contributed by atoms with van der Waals surface area (Å²) in [4.78, 5) is 13.9. The van der Waals surface area contributed by atoms with Crippen molar-refractivity contribution in [1.29, 1.82) is 0 Å². The molecule has 2 aliphatic rings. The zero-order chi connectivity index (χ0) is 19.1. The summed E-state index contributed by atoms with van der Waals surface area (Å²) in [6.07, 6.45) is 3.82. The summed E-state index contributed by atoms with van der Waals surface area (Å²) < 4.78 is 28.8. The average Bonchev–Trinajstić information content (AvgIpc) is 3.01. The van der Waals surface area contributed by atoms with E-state index in [9.17, 15) is 18.3 Å². The van der Waals surface area contributed by atoms with Crippen LogP contribution in [0.2, 0.25) is 0 Å². The minimum absolute atomic E-state index is 0.0496. The number of piperidine rings is 1. The normalized spacial score (nSPS) is 19.5. The van der Waals surface area contributed by atoms with Crippen molar-refractivity contribution in [1.82, 2.24) is 9.62 Å². The van der Waals surface area contributed by atoms with Crippen LogP contribution >= 0.6 is 0 Å². The monoisotopic (exact) mass is 380 g/mol. The molecule has 1 aliphatic carbocycles. The molecular formula is C19H28N2O4S. The van der Waals surface area contributed by atoms with E-state index in [1.165, 1.54) is 6.07 Å². The molecule has 7 heteroatoms. The highest BCUT2D eigenvalue weighted by Gasteiger charge is 2.31. The molecule has 0 radical (unpaired) electrons. The molecule has 0 atom stereocenters. The number of nitrogens with zero attached hydrogens (tertiary/aromatic N) is 1. The second-order valence-electron chi connectivity index (χ2n) is 8.32. The van der Waals surface area contributed by atoms with Crippen LogP contribution in [-0.2, 0) is 22.9 Å². The third kappa shape index (κ3) is 3.94. The lowest BCUT2D eigenvalue weighted by molar-refractivity contribution is 0.0696. The fourth-order valence-corrected chi connectivity index (χ4v) is 5.62. The molecular weight excluding hydrogens is 352 g/mol. The van der Waals surface area contributed by atoms with Gasteiger partial charge in [-0.2, -0.15) is 0 Å². The van der Waals surface area contributed by atoms with E-state index in [-0.39, 0.29) is 22.0 Å². The molecule has 1 saturated heterocycles. The molecule has 6 nitrogen and oxygen atoms in total. The third-order valence-electron chi connectivity index (χ3n) is 5.48. The summed E-state index contributed by atoms with van der Waals surface area (Å²) in [5.41, 5.74) is 1.77. The van der Waals surface area contributed by atoms with Crippen LogP contribution < -0.4 is 4.72 Å². The van der Waals surface area contributed by atoms with E-state index in [4.69, 9.17) is 0 Å². The number of hydrogen-bond acceptors (Lipinski definition) is 4. The lowest BCUT2D eigenvalue weighted by Gasteiger charge is -2.40. The number of likely N-dealkylation sites (tertiary alicyclic amines) is 1. The Balaban J connectivity index is 1.81. The first-order valence-electron chi connectivity index (χ1n) is 9.24. The van der Waals surface area contributed by atoms with Crippen molar-refractivity contribution in [3.8, 4) is 0 Å². The van der Waals surface area contributed by atoms with Crippen LogP contribution in [0.5, 0.6) is 0 Å². The molecule has 0 unspecified atom stereocenters. The number of carbonyl (C=O) groups is 1. The molecule has 1 fully saturated rings. The molecule has 2 N–H and O–H groups in total. The Kier molecular flexibility index (Phi) is 5.16. The summed E-state index contributed by atoms with van der Waals surface area (Å²) >= 11 is 0. The number of carboxylic acids is 1. The van der Waals surface area contributed by atoms with Gasteiger partial charge in [-0.05, 0) is 76.1 Å². The molecule has 26 heavy (non-hydrogen) atoms. The van der Waals surface area contributed by atoms with Gasteiger partial charge in [0, 0.05) is 24.7 Å². The lowest BCUT2D eigenvalue weighted by atomic mass is 9.99. The molecule has 0 amide bonds. The Morgan fingerprint density at radius 1 is 1.19 bits per heavy atom. The Morgan fingerprint density at radius 3 is 2.42 bits per heavy atom. The molecule has 3 rings (SSSR count). The van der Waals surface area contributed by atoms with Gasteiger partial charge in [0.25, 0.3) is 0 Å². The van der Waals surface area contributed by atoms with E-state index in [2.05, 4.69) is 30.4 Å². The number of rotatable bonds is 4. The largest absolute Gasteiger partial charge is 0.478 e. The van der Waals surface area contributed by atoms with Gasteiger partial charge in [0.05, 0.1) is 10.5 Å². The minimum atomic E-state index is -3.73. The van der Waals surface area contributed by atoms with Gasteiger partial charge in [-0.1, -0.05) is 0 Å². The standard InChI is InChI=1S/C19H28N2O4S/c1-19(2,3)21-9-7-15(8-10-21)20-26(24,25)17-12-14(18(22)23)11-13-5-4-6-16(13)17/h11-12,15,20H,4-10H2,1-3H3,(H,22,23). The summed E-state index contributed by atoms with van der Waals surface area (Å²) in [6, 6.07) is 2.83. The van der Waals surface area contributed by atoms with E-state index in [1.807, 2.05) is 0 Å². The zero-order valence-electron chi connectivity index (χ0n) is 15.7. The SMILES string of the molecule is CC(C)(C)N1CCC(NS(=O)(=O)c2cc(C(=O)O)cc3c2CCC3)CC1. The lowest BCUT2D eigenvalue weighted by Crippen LogP contribution is -2.50. The first-order valence-corrected chi connectivity index (χ1v) is 10.7. The Bertz CT molecular complexity index is 804. The summed E-state index contributed by atoms with van der Waals surface area (Å²) in [5, 5.41) is 9.31. The molecule has 1 heterocycles. The summed E-state index contributed by atoms with van der Waals surface area (Å²) in [7, 11) is -3.73. The van der Waals surface area contributed by atoms with Gasteiger partial charge >= 0.3 is 5.97 Å². The van der Waals surface area contributed by atoms with Crippen LogP contribution in [0.4, 0.5) is 0 Å². The molecule has 0 aromatic heterocycles. The fraction of sp³-hybridized carbons (Fsp3) is 0.632. The average molecular weight is 381 g/mol. The number of carboxylic acid groups (broad SMARTS) is 1. The highest BCUT2D eigenvalue weighted by molar-refractivity contribution is 7.89. The number of benzene rings is 1. The molecule has 0 bridgehead atoms. The third-order valence-corrected chi connectivity index (χ3v) is 7.06. The van der Waals surface area contributed by atoms with Crippen LogP contribution in [0.25, 0.3) is 0 Å². The summed E-state index contributed by atoms with van der Waals surface area (Å²) in [6.45, 7) is 8.20. The number of aromatic carboxylic acids is 1. The zero-order valence-corrected chi connectivity index (χ0v) is 16.5. The Morgan fingerprint density at radius 2 is 1.85 bits per heavy atom. The minimum Gasteiger partial charge on any atom is -0.478 e. The molecule has 1 aromatic carbocycles. The predicted molar refractivity (Wildman–Crippen MR) is 100 cm³/mol. The number of aryl methyl sites for hydroxylation is 1. The highest BCUT2D eigenvalue weighted by atomic mass is 32.2. The second kappa shape index (κ2) is 6.94. The van der Waals surface area contributed by atoms with Gasteiger partial charge in [-0.15, -0.1) is 0 Å². The van der Waals surface area contributed by atoms with Crippen molar-refractivity contribution in [3.05, 3.63) is 28.8 Å². The van der Waals surface area contributed by atoms with E-state index in [0.29, 0.717) is 6.42 Å². The van der Waals surface area contributed by atoms with Crippen LogP contribution in [0.3, 0.4) is 0 Å². The van der Waals surface area contributed by atoms with E-state index in [0.717, 1.165) is 49.9 Å². The maximum Gasteiger partial charge on any atom is 0.335 e. The van der Waals surface area contributed by atoms with E-state index in [1.54, 1.807) is 6.07 Å². The number of hydrogen-bond donors (Lipinski definition) is 2. The maximum absolute atomic E-state index is 13.0. The van der Waals surface area contributed by atoms with Gasteiger partial charge in [-0.25, -0.2) is 17.9 Å². The molecule has 0 spiro atoms. The Labute approximate surface area is 155 Å². The van der Waals surface area contributed by atoms with Crippen molar-refractivity contribution >= 4 is 16.0 Å².